The number of aryl methyl sites for hydroxylation is 2. The Hall–Kier alpha value is -3.06. The van der Waals surface area contributed by atoms with E-state index < -0.39 is 23.8 Å². The van der Waals surface area contributed by atoms with E-state index in [0.29, 0.717) is 23.7 Å². The number of halogens is 1. The average Bonchev–Trinajstić information content (AvgIpc) is 2.86. The fraction of sp³-hybridized carbons (Fsp3) is 0.545. The van der Waals surface area contributed by atoms with Crippen molar-refractivity contribution in [1.82, 2.24) is 10.2 Å². The maximum Gasteiger partial charge on any atom is 0.408 e. The second-order valence-electron chi connectivity index (χ2n) is 12.1. The molecule has 3 amide bonds. The molecular formula is C33H48ClN3O4. The molecule has 0 heterocycles. The van der Waals surface area contributed by atoms with Crippen molar-refractivity contribution in [3.8, 4) is 0 Å². The summed E-state index contributed by atoms with van der Waals surface area (Å²) < 4.78 is 5.50. The van der Waals surface area contributed by atoms with Gasteiger partial charge in [0.2, 0.25) is 5.91 Å². The number of unbranched alkanes of at least 4 members (excludes halogenated alkanes) is 3. The minimum absolute atomic E-state index is 0.109. The molecule has 2 rings (SSSR count). The average molecular weight is 586 g/mol. The molecule has 8 heteroatoms. The van der Waals surface area contributed by atoms with Crippen molar-refractivity contribution >= 4 is 35.2 Å². The highest BCUT2D eigenvalue weighted by Crippen LogP contribution is 2.31. The number of hydrogen-bond donors (Lipinski definition) is 2. The summed E-state index contributed by atoms with van der Waals surface area (Å²) in [4.78, 5) is 43.0. The number of carbonyl (C=O) groups excluding carboxylic acids is 3. The Kier molecular flexibility index (Phi) is 13.2. The van der Waals surface area contributed by atoms with Gasteiger partial charge in [0.15, 0.2) is 0 Å². The van der Waals surface area contributed by atoms with Gasteiger partial charge >= 0.3 is 6.09 Å². The lowest BCUT2D eigenvalue weighted by atomic mass is 9.96. The van der Waals surface area contributed by atoms with E-state index in [-0.39, 0.29) is 17.7 Å². The number of hydrogen-bond acceptors (Lipinski definition) is 4. The van der Waals surface area contributed by atoms with E-state index in [9.17, 15) is 14.4 Å². The topological polar surface area (TPSA) is 87.7 Å². The van der Waals surface area contributed by atoms with Gasteiger partial charge in [-0.3, -0.25) is 9.59 Å². The first-order valence-corrected chi connectivity index (χ1v) is 15.0. The summed E-state index contributed by atoms with van der Waals surface area (Å²) in [6.07, 6.45) is 3.44. The van der Waals surface area contributed by atoms with E-state index >= 15 is 0 Å². The van der Waals surface area contributed by atoms with E-state index in [4.69, 9.17) is 16.3 Å². The molecule has 2 atom stereocenters. The van der Waals surface area contributed by atoms with Gasteiger partial charge in [-0.05, 0) is 76.1 Å². The van der Waals surface area contributed by atoms with Crippen LogP contribution in [0.15, 0.2) is 42.5 Å². The smallest absolute Gasteiger partial charge is 0.408 e. The zero-order chi connectivity index (χ0) is 30.7. The number of rotatable bonds is 13. The largest absolute Gasteiger partial charge is 0.444 e. The fourth-order valence-electron chi connectivity index (χ4n) is 4.74. The SMILES string of the molecule is CCCCCCN(C(=O)C(CC(C)C)NC(=O)OC(C)(C)C)C(C(=O)Nc1c(C)cccc1Cl)c1ccccc1C. The lowest BCUT2D eigenvalue weighted by Crippen LogP contribution is -2.53. The summed E-state index contributed by atoms with van der Waals surface area (Å²) >= 11 is 6.48. The molecule has 226 valence electrons. The molecule has 7 nitrogen and oxygen atoms in total. The number of ether oxygens (including phenoxy) is 1. The molecule has 0 radical (unpaired) electrons. The molecule has 0 aromatic heterocycles. The molecule has 41 heavy (non-hydrogen) atoms. The summed E-state index contributed by atoms with van der Waals surface area (Å²) in [5, 5.41) is 6.25. The predicted molar refractivity (Wildman–Crippen MR) is 167 cm³/mol. The van der Waals surface area contributed by atoms with Crippen LogP contribution in [0.5, 0.6) is 0 Å². The van der Waals surface area contributed by atoms with Crippen molar-refractivity contribution in [3.63, 3.8) is 0 Å². The quantitative estimate of drug-likeness (QED) is 0.233. The van der Waals surface area contributed by atoms with Crippen LogP contribution in [0.3, 0.4) is 0 Å². The highest BCUT2D eigenvalue weighted by molar-refractivity contribution is 6.34. The molecule has 2 aromatic rings. The summed E-state index contributed by atoms with van der Waals surface area (Å²) in [5.74, 6) is -0.572. The summed E-state index contributed by atoms with van der Waals surface area (Å²) in [6, 6.07) is 11.2. The van der Waals surface area contributed by atoms with Crippen molar-refractivity contribution < 1.29 is 19.1 Å². The van der Waals surface area contributed by atoms with Crippen LogP contribution >= 0.6 is 11.6 Å². The lowest BCUT2D eigenvalue weighted by Gasteiger charge is -2.35. The minimum atomic E-state index is -0.934. The van der Waals surface area contributed by atoms with Crippen LogP contribution in [-0.4, -0.2) is 41.0 Å². The molecule has 0 saturated heterocycles. The molecule has 2 N–H and O–H groups in total. The molecule has 0 aliphatic carbocycles. The summed E-state index contributed by atoms with van der Waals surface area (Å²) in [5.41, 5.74) is 2.22. The van der Waals surface area contributed by atoms with Gasteiger partial charge in [0.25, 0.3) is 5.91 Å². The minimum Gasteiger partial charge on any atom is -0.444 e. The van der Waals surface area contributed by atoms with Crippen molar-refractivity contribution in [2.45, 2.75) is 105 Å². The van der Waals surface area contributed by atoms with Crippen molar-refractivity contribution in [1.29, 1.82) is 0 Å². The molecule has 0 fully saturated rings. The molecule has 2 aromatic carbocycles. The van der Waals surface area contributed by atoms with E-state index in [2.05, 4.69) is 17.6 Å². The fourth-order valence-corrected chi connectivity index (χ4v) is 5.01. The Morgan fingerprint density at radius 3 is 2.20 bits per heavy atom. The third-order valence-electron chi connectivity index (χ3n) is 6.75. The van der Waals surface area contributed by atoms with Crippen molar-refractivity contribution in [2.24, 2.45) is 5.92 Å². The lowest BCUT2D eigenvalue weighted by molar-refractivity contribution is -0.141. The number of benzene rings is 2. The number of nitrogens with one attached hydrogen (secondary N) is 2. The third-order valence-corrected chi connectivity index (χ3v) is 7.06. The second kappa shape index (κ2) is 15.8. The number of carbonyl (C=O) groups is 3. The van der Waals surface area contributed by atoms with Crippen LogP contribution in [0.1, 0.15) is 96.4 Å². The maximum absolute atomic E-state index is 14.4. The van der Waals surface area contributed by atoms with Crippen molar-refractivity contribution in [2.75, 3.05) is 11.9 Å². The Balaban J connectivity index is 2.59. The standard InChI is InChI=1S/C33H48ClN3O4/c1-9-10-11-14-20-37(31(39)27(21-22(2)3)35-32(40)41-33(6,7)8)29(25-18-13-12-16-23(25)4)30(38)36-28-24(5)17-15-19-26(28)34/h12-13,15-19,22,27,29H,9-11,14,20-21H2,1-8H3,(H,35,40)(H,36,38). The van der Waals surface area contributed by atoms with Gasteiger partial charge in [-0.2, -0.15) is 0 Å². The van der Waals surface area contributed by atoms with E-state index in [1.165, 1.54) is 0 Å². The van der Waals surface area contributed by atoms with Gasteiger partial charge in [0.1, 0.15) is 17.7 Å². The highest BCUT2D eigenvalue weighted by Gasteiger charge is 2.37. The van der Waals surface area contributed by atoms with Gasteiger partial charge in [-0.15, -0.1) is 0 Å². The van der Waals surface area contributed by atoms with Gasteiger partial charge in [0, 0.05) is 6.54 Å². The maximum atomic E-state index is 14.4. The summed E-state index contributed by atoms with van der Waals surface area (Å²) in [6.45, 7) is 15.6. The number of alkyl carbamates (subject to hydrolysis) is 1. The predicted octanol–water partition coefficient (Wildman–Crippen LogP) is 7.98. The number of nitrogens with zero attached hydrogens (tertiary/aromatic N) is 1. The van der Waals surface area contributed by atoms with Crippen molar-refractivity contribution in [3.05, 3.63) is 64.2 Å². The third kappa shape index (κ3) is 10.7. The normalized spacial score (nSPS) is 12.9. The first-order chi connectivity index (χ1) is 19.2. The van der Waals surface area contributed by atoms with Crippen LogP contribution < -0.4 is 10.6 Å². The number of anilines is 1. The van der Waals surface area contributed by atoms with Gasteiger partial charge in [-0.1, -0.05) is 88.0 Å². The Bertz CT molecular complexity index is 1160. The molecule has 0 bridgehead atoms. The van der Waals surface area contributed by atoms with Crippen LogP contribution in [-0.2, 0) is 14.3 Å². The molecule has 0 spiro atoms. The molecular weight excluding hydrogens is 538 g/mol. The molecule has 0 saturated carbocycles. The summed E-state index contributed by atoms with van der Waals surface area (Å²) in [7, 11) is 0. The van der Waals surface area contributed by atoms with Gasteiger partial charge < -0.3 is 20.3 Å². The van der Waals surface area contributed by atoms with Gasteiger partial charge in [-0.25, -0.2) is 4.79 Å². The van der Waals surface area contributed by atoms with E-state index in [0.717, 1.165) is 42.4 Å². The Labute approximate surface area is 251 Å². The highest BCUT2D eigenvalue weighted by atomic mass is 35.5. The first-order valence-electron chi connectivity index (χ1n) is 14.7. The van der Waals surface area contributed by atoms with Crippen LogP contribution in [0.2, 0.25) is 5.02 Å². The monoisotopic (exact) mass is 585 g/mol. The van der Waals surface area contributed by atoms with E-state index in [1.807, 2.05) is 64.1 Å². The molecule has 0 aliphatic rings. The first kappa shape index (κ1) is 34.1. The Morgan fingerprint density at radius 1 is 0.951 bits per heavy atom. The van der Waals surface area contributed by atoms with Crippen LogP contribution in [0.4, 0.5) is 10.5 Å². The second-order valence-corrected chi connectivity index (χ2v) is 12.5. The zero-order valence-electron chi connectivity index (χ0n) is 26.0. The van der Waals surface area contributed by atoms with Crippen LogP contribution in [0.25, 0.3) is 0 Å². The number of para-hydroxylation sites is 1. The Morgan fingerprint density at radius 2 is 1.61 bits per heavy atom. The van der Waals surface area contributed by atoms with E-state index in [1.54, 1.807) is 31.7 Å². The zero-order valence-corrected chi connectivity index (χ0v) is 26.7. The molecule has 2 unspecified atom stereocenters. The van der Waals surface area contributed by atoms with Crippen LogP contribution in [0, 0.1) is 19.8 Å². The number of amides is 3. The molecule has 0 aliphatic heterocycles. The van der Waals surface area contributed by atoms with Gasteiger partial charge in [0.05, 0.1) is 10.7 Å².